The number of hydrogen-bond acceptors (Lipinski definition) is 5. The van der Waals surface area contributed by atoms with E-state index in [4.69, 9.17) is 9.72 Å². The van der Waals surface area contributed by atoms with Crippen LogP contribution in [0.4, 0.5) is 5.82 Å². The molecule has 0 unspecified atom stereocenters. The highest BCUT2D eigenvalue weighted by molar-refractivity contribution is 5.66. The van der Waals surface area contributed by atoms with Gasteiger partial charge in [0.05, 0.1) is 18.4 Å². The summed E-state index contributed by atoms with van der Waals surface area (Å²) in [5.74, 6) is 1.98. The van der Waals surface area contributed by atoms with Crippen molar-refractivity contribution in [3.8, 4) is 17.0 Å². The molecule has 1 aliphatic heterocycles. The number of ether oxygens (including phenoxy) is 1. The number of anilines is 1. The van der Waals surface area contributed by atoms with Gasteiger partial charge in [0.2, 0.25) is 0 Å². The van der Waals surface area contributed by atoms with E-state index in [0.717, 1.165) is 41.4 Å². The summed E-state index contributed by atoms with van der Waals surface area (Å²) >= 11 is 0. The molecule has 1 aliphatic rings. The molecule has 0 radical (unpaired) electrons. The molecule has 0 bridgehead atoms. The first-order valence-electron chi connectivity index (χ1n) is 8.99. The van der Waals surface area contributed by atoms with Gasteiger partial charge in [-0.05, 0) is 23.8 Å². The van der Waals surface area contributed by atoms with E-state index in [2.05, 4.69) is 40.2 Å². The van der Waals surface area contributed by atoms with Gasteiger partial charge in [0.15, 0.2) is 5.65 Å². The van der Waals surface area contributed by atoms with Crippen molar-refractivity contribution in [2.75, 3.05) is 18.5 Å². The number of nitrogens with zero attached hydrogens (tertiary/aromatic N) is 5. The van der Waals surface area contributed by atoms with Gasteiger partial charge in [0.25, 0.3) is 0 Å². The van der Waals surface area contributed by atoms with Crippen molar-refractivity contribution >= 4 is 11.5 Å². The molecule has 134 valence electrons. The van der Waals surface area contributed by atoms with Crippen LogP contribution in [-0.2, 0) is 6.42 Å². The SMILES string of the molecule is CN(C[C@@H]1Cc2ccccc2O1)c1cc(-c2ccncc2)nc2ccnn12. The first-order valence-corrected chi connectivity index (χ1v) is 8.99. The number of aromatic nitrogens is 4. The Hall–Kier alpha value is -3.41. The smallest absolute Gasteiger partial charge is 0.157 e. The van der Waals surface area contributed by atoms with Crippen molar-refractivity contribution in [1.29, 1.82) is 0 Å². The van der Waals surface area contributed by atoms with E-state index in [-0.39, 0.29) is 6.10 Å². The Labute approximate surface area is 157 Å². The molecule has 0 saturated carbocycles. The van der Waals surface area contributed by atoms with E-state index >= 15 is 0 Å². The van der Waals surface area contributed by atoms with E-state index in [1.165, 1.54) is 5.56 Å². The van der Waals surface area contributed by atoms with Crippen molar-refractivity contribution in [3.63, 3.8) is 0 Å². The lowest BCUT2D eigenvalue weighted by Crippen LogP contribution is -2.33. The lowest BCUT2D eigenvalue weighted by molar-refractivity contribution is 0.239. The summed E-state index contributed by atoms with van der Waals surface area (Å²) in [5, 5.41) is 4.45. The fourth-order valence-electron chi connectivity index (χ4n) is 3.59. The number of pyridine rings is 1. The minimum Gasteiger partial charge on any atom is -0.488 e. The maximum atomic E-state index is 6.11. The predicted octanol–water partition coefficient (Wildman–Crippen LogP) is 3.23. The molecule has 5 rings (SSSR count). The minimum atomic E-state index is 0.121. The third-order valence-corrected chi connectivity index (χ3v) is 4.90. The molecule has 1 atom stereocenters. The molecule has 6 nitrogen and oxygen atoms in total. The first kappa shape index (κ1) is 15.8. The monoisotopic (exact) mass is 357 g/mol. The fraction of sp³-hybridized carbons (Fsp3) is 0.190. The molecule has 0 spiro atoms. The molecule has 3 aromatic heterocycles. The van der Waals surface area contributed by atoms with Crippen molar-refractivity contribution in [3.05, 3.63) is 72.7 Å². The molecule has 0 fully saturated rings. The standard InChI is InChI=1S/C21H19N5O/c1-25(14-17-12-16-4-2-3-5-19(16)27-17)21-13-18(15-6-9-22-10-7-15)24-20-8-11-23-26(20)21/h2-11,13,17H,12,14H2,1H3/t17-/m0/s1. The minimum absolute atomic E-state index is 0.121. The molecule has 0 saturated heterocycles. The van der Waals surface area contributed by atoms with Crippen molar-refractivity contribution in [1.82, 2.24) is 19.6 Å². The Kier molecular flexibility index (Phi) is 3.74. The Balaban J connectivity index is 1.46. The second kappa shape index (κ2) is 6.39. The zero-order valence-corrected chi connectivity index (χ0v) is 15.0. The van der Waals surface area contributed by atoms with Crippen molar-refractivity contribution in [2.45, 2.75) is 12.5 Å². The Morgan fingerprint density at radius 1 is 1.11 bits per heavy atom. The summed E-state index contributed by atoms with van der Waals surface area (Å²) < 4.78 is 7.98. The molecular formula is C21H19N5O. The molecule has 1 aromatic carbocycles. The zero-order valence-electron chi connectivity index (χ0n) is 15.0. The second-order valence-corrected chi connectivity index (χ2v) is 6.77. The topological polar surface area (TPSA) is 55.5 Å². The third-order valence-electron chi connectivity index (χ3n) is 4.90. The number of benzene rings is 1. The van der Waals surface area contributed by atoms with Gasteiger partial charge in [0.1, 0.15) is 17.7 Å². The average Bonchev–Trinajstić information content (AvgIpc) is 3.33. The van der Waals surface area contributed by atoms with Crippen LogP contribution in [0.25, 0.3) is 16.9 Å². The Bertz CT molecular complexity index is 1070. The highest BCUT2D eigenvalue weighted by Crippen LogP contribution is 2.30. The average molecular weight is 357 g/mol. The van der Waals surface area contributed by atoms with Crippen LogP contribution < -0.4 is 9.64 Å². The summed E-state index contributed by atoms with van der Waals surface area (Å²) in [6.07, 6.45) is 6.38. The van der Waals surface area contributed by atoms with Gasteiger partial charge >= 0.3 is 0 Å². The van der Waals surface area contributed by atoms with Gasteiger partial charge in [-0.2, -0.15) is 9.61 Å². The van der Waals surface area contributed by atoms with Crippen LogP contribution in [0.15, 0.2) is 67.1 Å². The van der Waals surface area contributed by atoms with Crippen LogP contribution in [-0.4, -0.2) is 39.3 Å². The normalized spacial score (nSPS) is 15.5. The van der Waals surface area contributed by atoms with Gasteiger partial charge in [-0.25, -0.2) is 4.98 Å². The van der Waals surface area contributed by atoms with Crippen molar-refractivity contribution < 1.29 is 4.74 Å². The van der Waals surface area contributed by atoms with Crippen LogP contribution >= 0.6 is 0 Å². The Morgan fingerprint density at radius 2 is 1.96 bits per heavy atom. The predicted molar refractivity (Wildman–Crippen MR) is 104 cm³/mol. The highest BCUT2D eigenvalue weighted by atomic mass is 16.5. The maximum absolute atomic E-state index is 6.11. The van der Waals surface area contributed by atoms with E-state index < -0.39 is 0 Å². The van der Waals surface area contributed by atoms with Gasteiger partial charge in [0, 0.05) is 43.6 Å². The van der Waals surface area contributed by atoms with Crippen molar-refractivity contribution in [2.24, 2.45) is 0 Å². The van der Waals surface area contributed by atoms with E-state index in [1.807, 2.05) is 34.8 Å². The fourth-order valence-corrected chi connectivity index (χ4v) is 3.59. The quantitative estimate of drug-likeness (QED) is 0.561. The zero-order chi connectivity index (χ0) is 18.2. The molecule has 0 aliphatic carbocycles. The lowest BCUT2D eigenvalue weighted by atomic mass is 10.1. The lowest BCUT2D eigenvalue weighted by Gasteiger charge is -2.24. The number of likely N-dealkylation sites (N-methyl/N-ethyl adjacent to an activating group) is 1. The first-order chi connectivity index (χ1) is 13.3. The van der Waals surface area contributed by atoms with Crippen LogP contribution in [0.2, 0.25) is 0 Å². The largest absolute Gasteiger partial charge is 0.488 e. The highest BCUT2D eigenvalue weighted by Gasteiger charge is 2.24. The molecule has 4 heterocycles. The number of para-hydroxylation sites is 1. The van der Waals surface area contributed by atoms with E-state index in [1.54, 1.807) is 18.6 Å². The Morgan fingerprint density at radius 3 is 2.81 bits per heavy atom. The maximum Gasteiger partial charge on any atom is 0.157 e. The van der Waals surface area contributed by atoms with Gasteiger partial charge in [-0.3, -0.25) is 4.98 Å². The van der Waals surface area contributed by atoms with Crippen LogP contribution in [0.3, 0.4) is 0 Å². The summed E-state index contributed by atoms with van der Waals surface area (Å²) in [4.78, 5) is 11.0. The number of fused-ring (bicyclic) bond motifs is 2. The van der Waals surface area contributed by atoms with Crippen LogP contribution in [0.1, 0.15) is 5.56 Å². The molecule has 27 heavy (non-hydrogen) atoms. The molecular weight excluding hydrogens is 338 g/mol. The van der Waals surface area contributed by atoms with Gasteiger partial charge in [-0.1, -0.05) is 18.2 Å². The number of rotatable bonds is 4. The summed E-state index contributed by atoms with van der Waals surface area (Å²) in [6.45, 7) is 0.767. The molecule has 4 aromatic rings. The summed E-state index contributed by atoms with van der Waals surface area (Å²) in [7, 11) is 2.07. The molecule has 0 amide bonds. The van der Waals surface area contributed by atoms with Crippen LogP contribution in [0, 0.1) is 0 Å². The van der Waals surface area contributed by atoms with E-state index in [0.29, 0.717) is 0 Å². The number of hydrogen-bond donors (Lipinski definition) is 0. The summed E-state index contributed by atoms with van der Waals surface area (Å²) in [6, 6.07) is 16.2. The summed E-state index contributed by atoms with van der Waals surface area (Å²) in [5.41, 5.74) is 4.03. The molecule has 0 N–H and O–H groups in total. The second-order valence-electron chi connectivity index (χ2n) is 6.77. The molecule has 6 heteroatoms. The van der Waals surface area contributed by atoms with Crippen LogP contribution in [0.5, 0.6) is 5.75 Å². The van der Waals surface area contributed by atoms with E-state index in [9.17, 15) is 0 Å². The third kappa shape index (κ3) is 2.89. The van der Waals surface area contributed by atoms with Gasteiger partial charge in [-0.15, -0.1) is 0 Å². The van der Waals surface area contributed by atoms with Gasteiger partial charge < -0.3 is 9.64 Å².